The molecule has 0 saturated heterocycles. The van der Waals surface area contributed by atoms with E-state index in [0.717, 1.165) is 19.3 Å². The molecule has 0 aliphatic carbocycles. The number of rotatable bonds is 10. The lowest BCUT2D eigenvalue weighted by Crippen LogP contribution is -2.09. The number of carboxylic acids is 1. The van der Waals surface area contributed by atoms with Crippen molar-refractivity contribution >= 4 is 24.9 Å². The second-order valence-corrected chi connectivity index (χ2v) is 7.91. The molecular formula is C13H24ClO4P. The van der Waals surface area contributed by atoms with E-state index < -0.39 is 13.3 Å². The Morgan fingerprint density at radius 2 is 1.95 bits per heavy atom. The first-order chi connectivity index (χ1) is 8.78. The zero-order valence-electron chi connectivity index (χ0n) is 11.6. The molecule has 0 aromatic heterocycles. The summed E-state index contributed by atoms with van der Waals surface area (Å²) in [6, 6.07) is 0. The molecule has 0 saturated carbocycles. The third-order valence-corrected chi connectivity index (χ3v) is 4.97. The number of aliphatic carboxylic acids is 1. The van der Waals surface area contributed by atoms with E-state index in [4.69, 9.17) is 16.7 Å². The third kappa shape index (κ3) is 10.2. The maximum Gasteiger partial charge on any atom is 0.331 e. The van der Waals surface area contributed by atoms with E-state index in [1.165, 1.54) is 0 Å². The molecule has 0 heterocycles. The molecule has 0 spiro atoms. The fourth-order valence-electron chi connectivity index (χ4n) is 1.81. The monoisotopic (exact) mass is 310 g/mol. The van der Waals surface area contributed by atoms with Crippen molar-refractivity contribution in [1.82, 2.24) is 0 Å². The first-order valence-electron chi connectivity index (χ1n) is 6.57. The minimum Gasteiger partial charge on any atom is -0.478 e. The van der Waals surface area contributed by atoms with E-state index in [-0.39, 0.29) is 23.8 Å². The number of halogens is 1. The largest absolute Gasteiger partial charge is 0.478 e. The van der Waals surface area contributed by atoms with Crippen LogP contribution in [-0.4, -0.2) is 34.2 Å². The standard InChI is InChI=1S/C13H24ClO4P/c1-11(2)9-19(17,18)10-12(13(15)16)7-5-3-4-6-8-14/h7,11H,3-6,8-10H2,1-2H3,(H,15,16)(H,17,18)/b12-7+. The van der Waals surface area contributed by atoms with Crippen LogP contribution in [0.2, 0.25) is 0 Å². The molecular weight excluding hydrogens is 287 g/mol. The maximum atomic E-state index is 11.9. The van der Waals surface area contributed by atoms with E-state index in [1.807, 2.05) is 13.8 Å². The molecule has 2 N–H and O–H groups in total. The Morgan fingerprint density at radius 1 is 1.32 bits per heavy atom. The Balaban J connectivity index is 4.44. The van der Waals surface area contributed by atoms with Gasteiger partial charge < -0.3 is 10.00 Å². The fraction of sp³-hybridized carbons (Fsp3) is 0.769. The van der Waals surface area contributed by atoms with Gasteiger partial charge in [-0.2, -0.15) is 0 Å². The van der Waals surface area contributed by atoms with Crippen molar-refractivity contribution in [2.45, 2.75) is 39.5 Å². The van der Waals surface area contributed by atoms with Gasteiger partial charge in [0.15, 0.2) is 0 Å². The van der Waals surface area contributed by atoms with Gasteiger partial charge in [0.1, 0.15) is 0 Å². The smallest absolute Gasteiger partial charge is 0.331 e. The van der Waals surface area contributed by atoms with Gasteiger partial charge in [0.2, 0.25) is 7.37 Å². The SMILES string of the molecule is CC(C)CP(=O)(O)C/C(=C\CCCCCCl)C(=O)O. The lowest BCUT2D eigenvalue weighted by atomic mass is 10.1. The summed E-state index contributed by atoms with van der Waals surface area (Å²) in [6.45, 7) is 3.69. The zero-order valence-corrected chi connectivity index (χ0v) is 13.3. The van der Waals surface area contributed by atoms with Crippen LogP contribution >= 0.6 is 19.0 Å². The number of allylic oxidation sites excluding steroid dienone is 1. The van der Waals surface area contributed by atoms with E-state index in [2.05, 4.69) is 0 Å². The van der Waals surface area contributed by atoms with Crippen LogP contribution in [0, 0.1) is 5.92 Å². The van der Waals surface area contributed by atoms with E-state index >= 15 is 0 Å². The van der Waals surface area contributed by atoms with Gasteiger partial charge in [-0.15, -0.1) is 11.6 Å². The van der Waals surface area contributed by atoms with Gasteiger partial charge in [-0.05, 0) is 25.2 Å². The second-order valence-electron chi connectivity index (χ2n) is 5.15. The first-order valence-corrected chi connectivity index (χ1v) is 9.14. The van der Waals surface area contributed by atoms with Gasteiger partial charge in [0.05, 0.1) is 6.16 Å². The van der Waals surface area contributed by atoms with E-state index in [0.29, 0.717) is 12.3 Å². The van der Waals surface area contributed by atoms with Crippen molar-refractivity contribution in [2.24, 2.45) is 5.92 Å². The van der Waals surface area contributed by atoms with Gasteiger partial charge in [-0.1, -0.05) is 26.3 Å². The van der Waals surface area contributed by atoms with Crippen LogP contribution < -0.4 is 0 Å². The van der Waals surface area contributed by atoms with E-state index in [9.17, 15) is 14.3 Å². The molecule has 0 aromatic rings. The normalized spacial score (nSPS) is 15.5. The average molecular weight is 311 g/mol. The molecule has 1 atom stereocenters. The molecule has 19 heavy (non-hydrogen) atoms. The molecule has 0 amide bonds. The summed E-state index contributed by atoms with van der Waals surface area (Å²) in [5.74, 6) is -0.416. The molecule has 0 aromatic carbocycles. The summed E-state index contributed by atoms with van der Waals surface area (Å²) in [6.07, 6.45) is 4.79. The number of carboxylic acid groups (broad SMARTS) is 1. The van der Waals surface area contributed by atoms with Crippen LogP contribution in [0.4, 0.5) is 0 Å². The molecule has 1 unspecified atom stereocenters. The second kappa shape index (κ2) is 9.57. The lowest BCUT2D eigenvalue weighted by molar-refractivity contribution is -0.132. The summed E-state index contributed by atoms with van der Waals surface area (Å²) >= 11 is 5.55. The van der Waals surface area contributed by atoms with Crippen LogP contribution in [0.25, 0.3) is 0 Å². The van der Waals surface area contributed by atoms with Crippen LogP contribution in [-0.2, 0) is 9.36 Å². The number of hydrogen-bond donors (Lipinski definition) is 2. The molecule has 0 aliphatic heterocycles. The topological polar surface area (TPSA) is 74.6 Å². The molecule has 0 fully saturated rings. The van der Waals surface area contributed by atoms with Gasteiger partial charge in [-0.25, -0.2) is 4.79 Å². The molecule has 112 valence electrons. The Hall–Kier alpha value is -0.310. The minimum absolute atomic E-state index is 0.0531. The zero-order chi connectivity index (χ0) is 14.9. The molecule has 0 radical (unpaired) electrons. The highest BCUT2D eigenvalue weighted by Gasteiger charge is 2.24. The number of carbonyl (C=O) groups is 1. The van der Waals surface area contributed by atoms with Crippen LogP contribution in [0.5, 0.6) is 0 Å². The Morgan fingerprint density at radius 3 is 2.42 bits per heavy atom. The van der Waals surface area contributed by atoms with Crippen molar-refractivity contribution < 1.29 is 19.4 Å². The molecule has 6 heteroatoms. The van der Waals surface area contributed by atoms with Gasteiger partial charge in [0.25, 0.3) is 0 Å². The third-order valence-electron chi connectivity index (χ3n) is 2.57. The quantitative estimate of drug-likeness (QED) is 0.279. The number of hydrogen-bond acceptors (Lipinski definition) is 2. The lowest BCUT2D eigenvalue weighted by Gasteiger charge is -2.14. The van der Waals surface area contributed by atoms with Gasteiger partial charge in [0, 0.05) is 17.6 Å². The first kappa shape index (κ1) is 18.7. The van der Waals surface area contributed by atoms with Crippen LogP contribution in [0.15, 0.2) is 11.6 Å². The molecule has 0 rings (SSSR count). The van der Waals surface area contributed by atoms with Crippen molar-refractivity contribution in [3.05, 3.63) is 11.6 Å². The Kier molecular flexibility index (Phi) is 9.42. The van der Waals surface area contributed by atoms with E-state index in [1.54, 1.807) is 6.08 Å². The van der Waals surface area contributed by atoms with Crippen molar-refractivity contribution in [2.75, 3.05) is 18.2 Å². The fourth-order valence-corrected chi connectivity index (χ4v) is 4.07. The summed E-state index contributed by atoms with van der Waals surface area (Å²) in [5.41, 5.74) is 0.0531. The number of unbranched alkanes of at least 4 members (excludes halogenated alkanes) is 3. The molecule has 4 nitrogen and oxygen atoms in total. The molecule has 0 aliphatic rings. The van der Waals surface area contributed by atoms with Crippen molar-refractivity contribution in [1.29, 1.82) is 0 Å². The Labute approximate surface area is 120 Å². The summed E-state index contributed by atoms with van der Waals surface area (Å²) in [5, 5.41) is 9.05. The highest BCUT2D eigenvalue weighted by atomic mass is 35.5. The Bertz CT molecular complexity index is 353. The van der Waals surface area contributed by atoms with Gasteiger partial charge >= 0.3 is 5.97 Å². The van der Waals surface area contributed by atoms with Crippen molar-refractivity contribution in [3.63, 3.8) is 0 Å². The predicted octanol–water partition coefficient (Wildman–Crippen LogP) is 3.72. The highest BCUT2D eigenvalue weighted by molar-refractivity contribution is 7.58. The maximum absolute atomic E-state index is 11.9. The van der Waals surface area contributed by atoms with Crippen LogP contribution in [0.1, 0.15) is 39.5 Å². The summed E-state index contributed by atoms with van der Waals surface area (Å²) in [7, 11) is -3.39. The predicted molar refractivity (Wildman–Crippen MR) is 79.3 cm³/mol. The molecule has 0 bridgehead atoms. The van der Waals surface area contributed by atoms with Crippen LogP contribution in [0.3, 0.4) is 0 Å². The highest BCUT2D eigenvalue weighted by Crippen LogP contribution is 2.44. The minimum atomic E-state index is -3.39. The number of alkyl halides is 1. The summed E-state index contributed by atoms with van der Waals surface area (Å²) in [4.78, 5) is 20.8. The van der Waals surface area contributed by atoms with Gasteiger partial charge in [-0.3, -0.25) is 4.57 Å². The van der Waals surface area contributed by atoms with Crippen molar-refractivity contribution in [3.8, 4) is 0 Å². The summed E-state index contributed by atoms with van der Waals surface area (Å²) < 4.78 is 11.9. The average Bonchev–Trinajstić information content (AvgIpc) is 2.25.